The average molecular weight is 525 g/mol. The molecule has 0 fully saturated rings. The van der Waals surface area contributed by atoms with Crippen LogP contribution in [0.25, 0.3) is 11.6 Å². The van der Waals surface area contributed by atoms with Crippen molar-refractivity contribution < 1.29 is 27.4 Å². The highest BCUT2D eigenvalue weighted by Crippen LogP contribution is 2.40. The molecule has 13 heteroatoms. The van der Waals surface area contributed by atoms with Gasteiger partial charge in [-0.15, -0.1) is 0 Å². The van der Waals surface area contributed by atoms with Gasteiger partial charge in [-0.3, -0.25) is 4.72 Å². The number of hydrogen-bond donors (Lipinski definition) is 2. The van der Waals surface area contributed by atoms with Gasteiger partial charge in [0, 0.05) is 18.9 Å². The van der Waals surface area contributed by atoms with Gasteiger partial charge >= 0.3 is 10.2 Å². The highest BCUT2D eigenvalue weighted by atomic mass is 32.2. The van der Waals surface area contributed by atoms with Gasteiger partial charge in [-0.1, -0.05) is 24.3 Å². The second kappa shape index (κ2) is 11.5. The lowest BCUT2D eigenvalue weighted by Crippen LogP contribution is -2.30. The van der Waals surface area contributed by atoms with Crippen molar-refractivity contribution in [2.75, 3.05) is 26.1 Å². The van der Waals surface area contributed by atoms with Crippen molar-refractivity contribution in [2.24, 2.45) is 0 Å². The van der Waals surface area contributed by atoms with Gasteiger partial charge in [0.15, 0.2) is 23.1 Å². The van der Waals surface area contributed by atoms with Crippen molar-refractivity contribution in [2.45, 2.75) is 6.54 Å². The molecule has 0 atom stereocenters. The van der Waals surface area contributed by atoms with Crippen LogP contribution in [0.5, 0.6) is 28.9 Å². The first kappa shape index (κ1) is 25.6. The van der Waals surface area contributed by atoms with E-state index in [1.54, 1.807) is 61.7 Å². The molecule has 0 saturated heterocycles. The molecule has 0 amide bonds. The number of methoxy groups -OCH3 is 3. The minimum Gasteiger partial charge on any atom is -0.497 e. The normalized spacial score (nSPS) is 11.0. The zero-order valence-corrected chi connectivity index (χ0v) is 21.0. The minimum atomic E-state index is -4.13. The molecule has 0 aliphatic heterocycles. The van der Waals surface area contributed by atoms with E-state index in [0.717, 1.165) is 5.56 Å². The predicted molar refractivity (Wildman–Crippen MR) is 135 cm³/mol. The van der Waals surface area contributed by atoms with Crippen LogP contribution in [0.2, 0.25) is 0 Å². The number of anilines is 1. The lowest BCUT2D eigenvalue weighted by molar-refractivity contribution is 0.348. The molecule has 2 heterocycles. The molecule has 2 N–H and O–H groups in total. The molecule has 0 bridgehead atoms. The molecule has 0 unspecified atom stereocenters. The fraction of sp³-hybridized carbons (Fsp3) is 0.167. The molecule has 0 radical (unpaired) electrons. The number of nitrogens with zero attached hydrogens (tertiary/aromatic N) is 4. The molecule has 192 valence electrons. The maximum absolute atomic E-state index is 13.0. The van der Waals surface area contributed by atoms with Crippen LogP contribution in [-0.4, -0.2) is 49.7 Å². The first-order valence-electron chi connectivity index (χ1n) is 10.9. The number of benzene rings is 2. The standard InChI is InChI=1S/C24H24N6O6S/c1-33-17-11-9-16(10-12-17)15-27-37(31,32)30-21-20(36-19-8-5-4-7-18(19)34-2)24(35-3)29-23(28-21)22-25-13-6-14-26-22/h4-14,27H,15H2,1-3H3,(H,28,29,30). The second-order valence-corrected chi connectivity index (χ2v) is 8.83. The molecule has 37 heavy (non-hydrogen) atoms. The van der Waals surface area contributed by atoms with Gasteiger partial charge in [0.25, 0.3) is 5.88 Å². The summed E-state index contributed by atoms with van der Waals surface area (Å²) in [4.78, 5) is 16.9. The number of ether oxygens (including phenoxy) is 4. The van der Waals surface area contributed by atoms with E-state index in [0.29, 0.717) is 17.2 Å². The Balaban J connectivity index is 1.70. The topological polar surface area (TPSA) is 147 Å². The van der Waals surface area contributed by atoms with E-state index < -0.39 is 10.2 Å². The molecule has 0 saturated carbocycles. The molecular weight excluding hydrogens is 500 g/mol. The van der Waals surface area contributed by atoms with Crippen LogP contribution < -0.4 is 28.4 Å². The van der Waals surface area contributed by atoms with E-state index in [4.69, 9.17) is 18.9 Å². The van der Waals surface area contributed by atoms with Gasteiger partial charge in [-0.05, 0) is 35.9 Å². The van der Waals surface area contributed by atoms with Crippen molar-refractivity contribution in [3.8, 4) is 40.5 Å². The Labute approximate surface area is 213 Å². The Morgan fingerprint density at radius 3 is 2.14 bits per heavy atom. The molecule has 4 aromatic rings. The summed E-state index contributed by atoms with van der Waals surface area (Å²) in [5.74, 6) is 1.23. The van der Waals surface area contributed by atoms with Crippen LogP contribution in [0.15, 0.2) is 67.0 Å². The molecule has 4 rings (SSSR count). The number of aromatic nitrogens is 4. The van der Waals surface area contributed by atoms with Crippen LogP contribution in [0.1, 0.15) is 5.56 Å². The summed E-state index contributed by atoms with van der Waals surface area (Å²) in [6.45, 7) is 0.0128. The van der Waals surface area contributed by atoms with Crippen LogP contribution in [0.4, 0.5) is 5.82 Å². The highest BCUT2D eigenvalue weighted by Gasteiger charge is 2.24. The maximum Gasteiger partial charge on any atom is 0.300 e. The Morgan fingerprint density at radius 2 is 1.49 bits per heavy atom. The van der Waals surface area contributed by atoms with Crippen molar-refractivity contribution in [3.05, 3.63) is 72.6 Å². The summed E-state index contributed by atoms with van der Waals surface area (Å²) in [6, 6.07) is 15.4. The quantitative estimate of drug-likeness (QED) is 0.300. The van der Waals surface area contributed by atoms with E-state index >= 15 is 0 Å². The monoisotopic (exact) mass is 524 g/mol. The molecule has 12 nitrogen and oxygen atoms in total. The Morgan fingerprint density at radius 1 is 0.784 bits per heavy atom. The molecule has 0 aliphatic rings. The second-order valence-electron chi connectivity index (χ2n) is 7.33. The predicted octanol–water partition coefficient (Wildman–Crippen LogP) is 3.20. The van der Waals surface area contributed by atoms with Crippen LogP contribution in [0, 0.1) is 0 Å². The summed E-state index contributed by atoms with van der Waals surface area (Å²) in [7, 11) is 0.273. The van der Waals surface area contributed by atoms with Gasteiger partial charge in [0.05, 0.1) is 21.3 Å². The average Bonchev–Trinajstić information content (AvgIpc) is 2.93. The van der Waals surface area contributed by atoms with Gasteiger partial charge < -0.3 is 18.9 Å². The third-order valence-corrected chi connectivity index (χ3v) is 5.92. The maximum atomic E-state index is 13.0. The van der Waals surface area contributed by atoms with Gasteiger partial charge in [0.1, 0.15) is 5.75 Å². The zero-order valence-electron chi connectivity index (χ0n) is 20.2. The molecule has 2 aromatic carbocycles. The van der Waals surface area contributed by atoms with Gasteiger partial charge in [0.2, 0.25) is 11.6 Å². The third kappa shape index (κ3) is 6.39. The zero-order chi connectivity index (χ0) is 26.3. The number of hydrogen-bond acceptors (Lipinski definition) is 10. The van der Waals surface area contributed by atoms with Gasteiger partial charge in [-0.2, -0.15) is 18.1 Å². The van der Waals surface area contributed by atoms with Crippen LogP contribution in [-0.2, 0) is 16.8 Å². The summed E-state index contributed by atoms with van der Waals surface area (Å²) in [6.07, 6.45) is 3.02. The van der Waals surface area contributed by atoms with E-state index in [1.165, 1.54) is 26.6 Å². The van der Waals surface area contributed by atoms with E-state index in [1.807, 2.05) is 0 Å². The van der Waals surface area contributed by atoms with Crippen molar-refractivity contribution in [1.82, 2.24) is 24.7 Å². The first-order chi connectivity index (χ1) is 17.9. The fourth-order valence-corrected chi connectivity index (χ4v) is 3.96. The summed E-state index contributed by atoms with van der Waals surface area (Å²) in [5.41, 5.74) is 0.718. The first-order valence-corrected chi connectivity index (χ1v) is 12.4. The summed E-state index contributed by atoms with van der Waals surface area (Å²) < 4.78 is 52.8. The van der Waals surface area contributed by atoms with E-state index in [9.17, 15) is 8.42 Å². The fourth-order valence-electron chi connectivity index (χ4n) is 3.14. The smallest absolute Gasteiger partial charge is 0.300 e. The SMILES string of the molecule is COc1ccc(CNS(=O)(=O)Nc2nc(-c3ncccn3)nc(OC)c2Oc2ccccc2OC)cc1. The van der Waals surface area contributed by atoms with Crippen LogP contribution in [0.3, 0.4) is 0 Å². The lowest BCUT2D eigenvalue weighted by Gasteiger charge is -2.17. The van der Waals surface area contributed by atoms with Crippen molar-refractivity contribution >= 4 is 16.0 Å². The molecular formula is C24H24N6O6S. The Hall–Kier alpha value is -4.49. The molecule has 2 aromatic heterocycles. The largest absolute Gasteiger partial charge is 0.497 e. The lowest BCUT2D eigenvalue weighted by atomic mass is 10.2. The van der Waals surface area contributed by atoms with Crippen LogP contribution >= 0.6 is 0 Å². The number of para-hydroxylation sites is 2. The molecule has 0 spiro atoms. The van der Waals surface area contributed by atoms with E-state index in [-0.39, 0.29) is 35.6 Å². The summed E-state index contributed by atoms with van der Waals surface area (Å²) in [5, 5.41) is 0. The Kier molecular flexibility index (Phi) is 7.95. The highest BCUT2D eigenvalue weighted by molar-refractivity contribution is 7.90. The third-order valence-electron chi connectivity index (χ3n) is 4.93. The van der Waals surface area contributed by atoms with Gasteiger partial charge in [-0.25, -0.2) is 15.0 Å². The summed E-state index contributed by atoms with van der Waals surface area (Å²) >= 11 is 0. The van der Waals surface area contributed by atoms with E-state index in [2.05, 4.69) is 29.4 Å². The number of nitrogens with one attached hydrogen (secondary N) is 2. The van der Waals surface area contributed by atoms with Crippen molar-refractivity contribution in [1.29, 1.82) is 0 Å². The Bertz CT molecular complexity index is 1450. The minimum absolute atomic E-state index is 0.0128. The molecule has 0 aliphatic carbocycles. The number of rotatable bonds is 11. The van der Waals surface area contributed by atoms with Crippen molar-refractivity contribution in [3.63, 3.8) is 0 Å².